The molecule has 0 spiro atoms. The van der Waals surface area contributed by atoms with E-state index in [1.165, 1.54) is 16.6 Å². The van der Waals surface area contributed by atoms with E-state index in [2.05, 4.69) is 53.6 Å². The third-order valence-electron chi connectivity index (χ3n) is 4.23. The number of nitrogens with zero attached hydrogens (tertiary/aromatic N) is 3. The minimum absolute atomic E-state index is 0.782. The molecule has 0 aliphatic carbocycles. The van der Waals surface area contributed by atoms with Gasteiger partial charge < -0.3 is 9.55 Å². The number of para-hydroxylation sites is 2. The third-order valence-corrected chi connectivity index (χ3v) is 5.27. The Hall–Kier alpha value is -2.27. The summed E-state index contributed by atoms with van der Waals surface area (Å²) in [6.45, 7) is 4.27. The van der Waals surface area contributed by atoms with E-state index >= 15 is 0 Å². The van der Waals surface area contributed by atoms with Gasteiger partial charge in [0.15, 0.2) is 5.16 Å². The molecule has 0 aliphatic rings. The van der Waals surface area contributed by atoms with Crippen molar-refractivity contribution in [2.24, 2.45) is 7.05 Å². The number of imidazole rings is 2. The molecule has 0 atom stereocenters. The maximum Gasteiger partial charge on any atom is 0.169 e. The molecule has 0 saturated carbocycles. The molecule has 2 aromatic carbocycles. The van der Waals surface area contributed by atoms with Crippen LogP contribution in [-0.2, 0) is 12.8 Å². The predicted molar refractivity (Wildman–Crippen MR) is 95.8 cm³/mol. The number of hydrogen-bond donors (Lipinski definition) is 1. The number of rotatable bonds is 3. The van der Waals surface area contributed by atoms with Crippen molar-refractivity contribution in [2.75, 3.05) is 0 Å². The van der Waals surface area contributed by atoms with Crippen LogP contribution in [0.5, 0.6) is 0 Å². The summed E-state index contributed by atoms with van der Waals surface area (Å²) in [5.74, 6) is 1.76. The van der Waals surface area contributed by atoms with Crippen molar-refractivity contribution in [3.63, 3.8) is 0 Å². The molecule has 23 heavy (non-hydrogen) atoms. The normalized spacial score (nSPS) is 11.6. The Bertz CT molecular complexity index is 980. The fraction of sp³-hybridized carbons (Fsp3) is 0.222. The molecular formula is C18H18N4S. The standard InChI is InChI=1S/C18H18N4S/c1-11-8-15-16(9-12(11)2)22(3)18(21-15)23-10-17-19-13-6-4-5-7-14(13)20-17/h4-9H,10H2,1-3H3,(H,19,20). The van der Waals surface area contributed by atoms with Gasteiger partial charge in [-0.15, -0.1) is 0 Å². The van der Waals surface area contributed by atoms with E-state index in [4.69, 9.17) is 4.98 Å². The van der Waals surface area contributed by atoms with Gasteiger partial charge in [0.2, 0.25) is 0 Å². The zero-order chi connectivity index (χ0) is 16.0. The zero-order valence-corrected chi connectivity index (χ0v) is 14.2. The first-order chi connectivity index (χ1) is 11.1. The Morgan fingerprint density at radius 2 is 1.83 bits per heavy atom. The van der Waals surface area contributed by atoms with Crippen LogP contribution in [0.4, 0.5) is 0 Å². The van der Waals surface area contributed by atoms with E-state index < -0.39 is 0 Å². The minimum atomic E-state index is 0.782. The van der Waals surface area contributed by atoms with Gasteiger partial charge in [0.05, 0.1) is 27.8 Å². The number of benzene rings is 2. The summed E-state index contributed by atoms with van der Waals surface area (Å²) in [4.78, 5) is 12.8. The average Bonchev–Trinajstić information content (AvgIpc) is 3.08. The molecule has 4 nitrogen and oxygen atoms in total. The van der Waals surface area contributed by atoms with E-state index in [0.717, 1.165) is 33.3 Å². The summed E-state index contributed by atoms with van der Waals surface area (Å²) in [5, 5.41) is 1.02. The van der Waals surface area contributed by atoms with Crippen LogP contribution in [0.15, 0.2) is 41.6 Å². The summed E-state index contributed by atoms with van der Waals surface area (Å²) < 4.78 is 2.16. The second kappa shape index (κ2) is 5.42. The van der Waals surface area contributed by atoms with Crippen molar-refractivity contribution in [2.45, 2.75) is 24.8 Å². The van der Waals surface area contributed by atoms with E-state index in [1.807, 2.05) is 18.2 Å². The quantitative estimate of drug-likeness (QED) is 0.570. The van der Waals surface area contributed by atoms with Crippen LogP contribution in [0.1, 0.15) is 17.0 Å². The number of nitrogens with one attached hydrogen (secondary N) is 1. The molecule has 4 aromatic rings. The highest BCUT2D eigenvalue weighted by atomic mass is 32.2. The first kappa shape index (κ1) is 14.3. The predicted octanol–water partition coefficient (Wildman–Crippen LogP) is 4.36. The van der Waals surface area contributed by atoms with E-state index in [-0.39, 0.29) is 0 Å². The molecule has 2 heterocycles. The van der Waals surface area contributed by atoms with E-state index in [9.17, 15) is 0 Å². The SMILES string of the molecule is Cc1cc2nc(SCc3nc4ccccc4[nH]3)n(C)c2cc1C. The number of H-pyrrole nitrogens is 1. The lowest BCUT2D eigenvalue weighted by atomic mass is 10.1. The maximum absolute atomic E-state index is 4.77. The van der Waals surface area contributed by atoms with Gasteiger partial charge in [0.1, 0.15) is 5.82 Å². The van der Waals surface area contributed by atoms with Crippen molar-refractivity contribution in [3.05, 3.63) is 53.3 Å². The molecule has 0 bridgehead atoms. The number of thioether (sulfide) groups is 1. The summed E-state index contributed by atoms with van der Waals surface area (Å²) in [7, 11) is 2.07. The third kappa shape index (κ3) is 2.51. The lowest BCUT2D eigenvalue weighted by Gasteiger charge is -2.02. The van der Waals surface area contributed by atoms with Crippen LogP contribution >= 0.6 is 11.8 Å². The van der Waals surface area contributed by atoms with Gasteiger partial charge in [-0.3, -0.25) is 0 Å². The van der Waals surface area contributed by atoms with Crippen molar-refractivity contribution in [1.82, 2.24) is 19.5 Å². The molecule has 0 fully saturated rings. The van der Waals surface area contributed by atoms with Gasteiger partial charge in [-0.05, 0) is 49.2 Å². The van der Waals surface area contributed by atoms with Crippen molar-refractivity contribution in [1.29, 1.82) is 0 Å². The highest BCUT2D eigenvalue weighted by molar-refractivity contribution is 7.98. The molecule has 0 amide bonds. The number of aryl methyl sites for hydroxylation is 3. The molecule has 0 saturated heterocycles. The van der Waals surface area contributed by atoms with Crippen molar-refractivity contribution >= 4 is 33.8 Å². The van der Waals surface area contributed by atoms with Crippen LogP contribution in [0.2, 0.25) is 0 Å². The van der Waals surface area contributed by atoms with E-state index in [1.54, 1.807) is 11.8 Å². The highest BCUT2D eigenvalue weighted by Crippen LogP contribution is 2.27. The van der Waals surface area contributed by atoms with Gasteiger partial charge in [-0.1, -0.05) is 23.9 Å². The molecule has 0 radical (unpaired) electrons. The first-order valence-electron chi connectivity index (χ1n) is 7.62. The molecular weight excluding hydrogens is 304 g/mol. The Labute approximate surface area is 139 Å². The summed E-state index contributed by atoms with van der Waals surface area (Å²) in [5.41, 5.74) is 6.92. The van der Waals surface area contributed by atoms with Crippen LogP contribution in [0.3, 0.4) is 0 Å². The second-order valence-corrected chi connectivity index (χ2v) is 6.81. The van der Waals surface area contributed by atoms with Crippen LogP contribution in [-0.4, -0.2) is 19.5 Å². The Morgan fingerprint density at radius 1 is 1.04 bits per heavy atom. The van der Waals surface area contributed by atoms with Gasteiger partial charge in [-0.25, -0.2) is 9.97 Å². The number of hydrogen-bond acceptors (Lipinski definition) is 3. The van der Waals surface area contributed by atoms with Crippen LogP contribution in [0.25, 0.3) is 22.1 Å². The molecule has 116 valence electrons. The zero-order valence-electron chi connectivity index (χ0n) is 13.4. The Morgan fingerprint density at radius 3 is 2.65 bits per heavy atom. The van der Waals surface area contributed by atoms with E-state index in [0.29, 0.717) is 0 Å². The maximum atomic E-state index is 4.77. The summed E-state index contributed by atoms with van der Waals surface area (Å²) >= 11 is 1.71. The molecule has 2 aromatic heterocycles. The van der Waals surface area contributed by atoms with Gasteiger partial charge in [0, 0.05) is 7.05 Å². The van der Waals surface area contributed by atoms with Crippen molar-refractivity contribution < 1.29 is 0 Å². The average molecular weight is 322 g/mol. The largest absolute Gasteiger partial charge is 0.341 e. The smallest absolute Gasteiger partial charge is 0.169 e. The highest BCUT2D eigenvalue weighted by Gasteiger charge is 2.11. The monoisotopic (exact) mass is 322 g/mol. The van der Waals surface area contributed by atoms with Gasteiger partial charge >= 0.3 is 0 Å². The van der Waals surface area contributed by atoms with Gasteiger partial charge in [-0.2, -0.15) is 0 Å². The molecule has 5 heteroatoms. The number of aromatic nitrogens is 4. The topological polar surface area (TPSA) is 46.5 Å². The fourth-order valence-corrected chi connectivity index (χ4v) is 3.62. The number of fused-ring (bicyclic) bond motifs is 2. The first-order valence-corrected chi connectivity index (χ1v) is 8.60. The Balaban J connectivity index is 1.63. The second-order valence-electron chi connectivity index (χ2n) is 5.87. The lowest BCUT2D eigenvalue weighted by molar-refractivity contribution is 0.814. The molecule has 1 N–H and O–H groups in total. The number of aromatic amines is 1. The fourth-order valence-electron chi connectivity index (χ4n) is 2.76. The lowest BCUT2D eigenvalue weighted by Crippen LogP contribution is -1.92. The summed E-state index contributed by atoms with van der Waals surface area (Å²) in [6, 6.07) is 12.5. The van der Waals surface area contributed by atoms with Gasteiger partial charge in [0.25, 0.3) is 0 Å². The minimum Gasteiger partial charge on any atom is -0.341 e. The van der Waals surface area contributed by atoms with Crippen LogP contribution < -0.4 is 0 Å². The molecule has 0 aliphatic heterocycles. The van der Waals surface area contributed by atoms with Crippen molar-refractivity contribution in [3.8, 4) is 0 Å². The molecule has 4 rings (SSSR count). The molecule has 0 unspecified atom stereocenters. The Kier molecular flexibility index (Phi) is 3.38. The van der Waals surface area contributed by atoms with Crippen LogP contribution in [0, 0.1) is 13.8 Å². The summed E-state index contributed by atoms with van der Waals surface area (Å²) in [6.07, 6.45) is 0.